The molecule has 3 rings (SSSR count). The summed E-state index contributed by atoms with van der Waals surface area (Å²) in [6.45, 7) is 3.26. The molecule has 138 valence electrons. The highest BCUT2D eigenvalue weighted by Gasteiger charge is 2.21. The molecule has 0 saturated heterocycles. The van der Waals surface area contributed by atoms with Crippen LogP contribution in [0.1, 0.15) is 33.2 Å². The molecule has 0 spiro atoms. The summed E-state index contributed by atoms with van der Waals surface area (Å²) < 4.78 is 5.71. The molecule has 27 heavy (non-hydrogen) atoms. The minimum atomic E-state index is -1.28. The number of para-hydroxylation sites is 1. The standard InChI is InChI=1S/C20H18N2O4S/c1-12(19-21-13(2)17(27-19)20(24)25)18(23)22-14-8-10-16(11-9-14)26-15-6-4-3-5-7-15/h3-12H,1-2H3,(H,22,23)(H,24,25)/p-1/t12-/m0/s1. The number of nitrogens with zero attached hydrogens (tertiary/aromatic N) is 1. The van der Waals surface area contributed by atoms with Gasteiger partial charge in [-0.15, -0.1) is 11.3 Å². The summed E-state index contributed by atoms with van der Waals surface area (Å²) in [5.74, 6) is -0.752. The molecule has 6 nitrogen and oxygen atoms in total. The first-order chi connectivity index (χ1) is 12.9. The van der Waals surface area contributed by atoms with Crippen molar-refractivity contribution in [1.82, 2.24) is 4.98 Å². The fraction of sp³-hybridized carbons (Fsp3) is 0.150. The molecule has 0 saturated carbocycles. The Balaban J connectivity index is 1.65. The Morgan fingerprint density at radius 1 is 1.07 bits per heavy atom. The van der Waals surface area contributed by atoms with Gasteiger partial charge in [0.05, 0.1) is 22.5 Å². The summed E-state index contributed by atoms with van der Waals surface area (Å²) in [5.41, 5.74) is 0.970. The molecular weight excluding hydrogens is 364 g/mol. The Kier molecular flexibility index (Phi) is 5.52. The molecule has 2 aromatic carbocycles. The lowest BCUT2D eigenvalue weighted by Gasteiger charge is -2.11. The summed E-state index contributed by atoms with van der Waals surface area (Å²) in [6, 6.07) is 16.4. The van der Waals surface area contributed by atoms with Crippen molar-refractivity contribution in [2.24, 2.45) is 0 Å². The number of aromatic carboxylic acids is 1. The van der Waals surface area contributed by atoms with E-state index >= 15 is 0 Å². The van der Waals surface area contributed by atoms with Crippen molar-refractivity contribution in [3.05, 3.63) is 70.2 Å². The first kappa shape index (κ1) is 18.6. The maximum Gasteiger partial charge on any atom is 0.234 e. The van der Waals surface area contributed by atoms with Gasteiger partial charge in [0.2, 0.25) is 5.91 Å². The molecule has 3 aromatic rings. The molecule has 0 fully saturated rings. The van der Waals surface area contributed by atoms with E-state index in [4.69, 9.17) is 4.74 Å². The summed E-state index contributed by atoms with van der Waals surface area (Å²) in [5, 5.41) is 14.3. The number of rotatable bonds is 6. The third-order valence-electron chi connectivity index (χ3n) is 3.86. The van der Waals surface area contributed by atoms with Crippen LogP contribution in [-0.4, -0.2) is 16.9 Å². The van der Waals surface area contributed by atoms with E-state index in [1.807, 2.05) is 30.3 Å². The highest BCUT2D eigenvalue weighted by atomic mass is 32.1. The van der Waals surface area contributed by atoms with Gasteiger partial charge in [-0.05, 0) is 50.2 Å². The van der Waals surface area contributed by atoms with Crippen LogP contribution in [0.4, 0.5) is 5.69 Å². The second-order valence-electron chi connectivity index (χ2n) is 5.90. The number of anilines is 1. The Labute approximate surface area is 160 Å². The third kappa shape index (κ3) is 4.51. The molecule has 0 radical (unpaired) electrons. The number of hydrogen-bond acceptors (Lipinski definition) is 6. The number of hydrogen-bond donors (Lipinski definition) is 1. The Morgan fingerprint density at radius 2 is 1.70 bits per heavy atom. The fourth-order valence-corrected chi connectivity index (χ4v) is 3.34. The maximum atomic E-state index is 12.4. The molecule has 0 unspecified atom stereocenters. The van der Waals surface area contributed by atoms with Gasteiger partial charge in [-0.2, -0.15) is 0 Å². The molecule has 7 heteroatoms. The van der Waals surface area contributed by atoms with Crippen LogP contribution < -0.4 is 15.2 Å². The number of amides is 1. The second kappa shape index (κ2) is 8.01. The van der Waals surface area contributed by atoms with E-state index in [1.165, 1.54) is 0 Å². The van der Waals surface area contributed by atoms with Gasteiger partial charge in [0.25, 0.3) is 0 Å². The Bertz CT molecular complexity index is 952. The molecule has 0 bridgehead atoms. The minimum Gasteiger partial charge on any atom is -0.544 e. The number of carboxylic acid groups (broad SMARTS) is 1. The first-order valence-electron chi connectivity index (χ1n) is 8.26. The zero-order valence-corrected chi connectivity index (χ0v) is 15.6. The van der Waals surface area contributed by atoms with E-state index in [1.54, 1.807) is 38.1 Å². The fourth-order valence-electron chi connectivity index (χ4n) is 2.39. The second-order valence-corrected chi connectivity index (χ2v) is 6.94. The van der Waals surface area contributed by atoms with Gasteiger partial charge in [-0.1, -0.05) is 18.2 Å². The van der Waals surface area contributed by atoms with Gasteiger partial charge in [-0.25, -0.2) is 4.98 Å². The molecule has 1 heterocycles. The lowest BCUT2D eigenvalue weighted by atomic mass is 10.1. The Morgan fingerprint density at radius 3 is 2.30 bits per heavy atom. The average molecular weight is 381 g/mol. The number of aromatic nitrogens is 1. The number of thiazole rings is 1. The van der Waals surface area contributed by atoms with Crippen LogP contribution in [0, 0.1) is 6.92 Å². The van der Waals surface area contributed by atoms with E-state index in [-0.39, 0.29) is 10.8 Å². The SMILES string of the molecule is Cc1nc([C@@H](C)C(=O)Nc2ccc(Oc3ccccc3)cc2)sc1C(=O)[O-]. The summed E-state index contributed by atoms with van der Waals surface area (Å²) in [4.78, 5) is 27.7. The van der Waals surface area contributed by atoms with Crippen molar-refractivity contribution in [3.63, 3.8) is 0 Å². The largest absolute Gasteiger partial charge is 0.544 e. The zero-order chi connectivity index (χ0) is 19.4. The van der Waals surface area contributed by atoms with Crippen LogP contribution in [0.3, 0.4) is 0 Å². The van der Waals surface area contributed by atoms with Crippen LogP contribution in [0.25, 0.3) is 0 Å². The first-order valence-corrected chi connectivity index (χ1v) is 9.08. The number of carbonyl (C=O) groups is 2. The molecular formula is C20H17N2O4S-. The summed E-state index contributed by atoms with van der Waals surface area (Å²) >= 11 is 0.964. The molecule has 0 aliphatic rings. The number of aryl methyl sites for hydroxylation is 1. The van der Waals surface area contributed by atoms with E-state index in [0.29, 0.717) is 22.1 Å². The number of ether oxygens (including phenoxy) is 1. The maximum absolute atomic E-state index is 12.4. The molecule has 1 aromatic heterocycles. The Hall–Kier alpha value is -3.19. The van der Waals surface area contributed by atoms with Crippen molar-refractivity contribution in [1.29, 1.82) is 0 Å². The van der Waals surface area contributed by atoms with Crippen molar-refractivity contribution in [3.8, 4) is 11.5 Å². The lowest BCUT2D eigenvalue weighted by molar-refractivity contribution is -0.254. The molecule has 0 aliphatic carbocycles. The predicted octanol–water partition coefficient (Wildman–Crippen LogP) is 3.35. The monoisotopic (exact) mass is 381 g/mol. The van der Waals surface area contributed by atoms with Gasteiger partial charge >= 0.3 is 0 Å². The summed E-state index contributed by atoms with van der Waals surface area (Å²) in [7, 11) is 0. The highest BCUT2D eigenvalue weighted by Crippen LogP contribution is 2.27. The van der Waals surface area contributed by atoms with Crippen LogP contribution in [0.2, 0.25) is 0 Å². The van der Waals surface area contributed by atoms with Crippen molar-refractivity contribution in [2.45, 2.75) is 19.8 Å². The van der Waals surface area contributed by atoms with E-state index < -0.39 is 11.9 Å². The van der Waals surface area contributed by atoms with Crippen LogP contribution in [0.5, 0.6) is 11.5 Å². The molecule has 1 amide bonds. The van der Waals surface area contributed by atoms with Crippen molar-refractivity contribution in [2.75, 3.05) is 5.32 Å². The van der Waals surface area contributed by atoms with Crippen molar-refractivity contribution < 1.29 is 19.4 Å². The van der Waals surface area contributed by atoms with E-state index in [0.717, 1.165) is 17.1 Å². The van der Waals surface area contributed by atoms with Gasteiger partial charge in [0.1, 0.15) is 16.5 Å². The van der Waals surface area contributed by atoms with E-state index in [2.05, 4.69) is 10.3 Å². The molecule has 1 N–H and O–H groups in total. The van der Waals surface area contributed by atoms with Gasteiger partial charge < -0.3 is 20.0 Å². The minimum absolute atomic E-state index is 0.0482. The lowest BCUT2D eigenvalue weighted by Crippen LogP contribution is -2.21. The normalized spacial score (nSPS) is 11.6. The molecule has 1 atom stereocenters. The summed E-state index contributed by atoms with van der Waals surface area (Å²) in [6.07, 6.45) is 0. The van der Waals surface area contributed by atoms with Gasteiger partial charge in [0.15, 0.2) is 0 Å². The average Bonchev–Trinajstić information content (AvgIpc) is 3.05. The number of nitrogens with one attached hydrogen (secondary N) is 1. The third-order valence-corrected chi connectivity index (χ3v) is 5.18. The molecule has 0 aliphatic heterocycles. The van der Waals surface area contributed by atoms with Crippen molar-refractivity contribution >= 4 is 28.9 Å². The van der Waals surface area contributed by atoms with Crippen LogP contribution in [-0.2, 0) is 4.79 Å². The zero-order valence-electron chi connectivity index (χ0n) is 14.8. The van der Waals surface area contributed by atoms with Crippen LogP contribution in [0.15, 0.2) is 54.6 Å². The van der Waals surface area contributed by atoms with Gasteiger partial charge in [-0.3, -0.25) is 4.79 Å². The number of carbonyl (C=O) groups excluding carboxylic acids is 2. The number of benzene rings is 2. The quantitative estimate of drug-likeness (QED) is 0.707. The number of carboxylic acids is 1. The van der Waals surface area contributed by atoms with Gasteiger partial charge in [0, 0.05) is 5.69 Å². The highest BCUT2D eigenvalue weighted by molar-refractivity contribution is 7.13. The van der Waals surface area contributed by atoms with E-state index in [9.17, 15) is 14.7 Å². The smallest absolute Gasteiger partial charge is 0.234 e. The topological polar surface area (TPSA) is 91.3 Å². The van der Waals surface area contributed by atoms with Crippen LogP contribution >= 0.6 is 11.3 Å². The predicted molar refractivity (Wildman–Crippen MR) is 101 cm³/mol.